The number of alkyl halides is 1. The van der Waals surface area contributed by atoms with Crippen LogP contribution in [0.25, 0.3) is 0 Å². The number of halogens is 1. The fraction of sp³-hybridized carbons (Fsp3) is 0.357. The smallest absolute Gasteiger partial charge is 0.269 e. The minimum Gasteiger partial charge on any atom is -0.321 e. The molecule has 1 N–H and O–H groups in total. The Labute approximate surface area is 127 Å². The monoisotopic (exact) mass is 309 g/mol. The molecule has 20 heavy (non-hydrogen) atoms. The van der Waals surface area contributed by atoms with Gasteiger partial charge in [0.05, 0.1) is 11.1 Å². The molecule has 0 saturated heterocycles. The van der Waals surface area contributed by atoms with E-state index in [1.165, 1.54) is 0 Å². The average molecular weight is 310 g/mol. The van der Waals surface area contributed by atoms with Crippen LogP contribution in [-0.4, -0.2) is 15.5 Å². The lowest BCUT2D eigenvalue weighted by Gasteiger charge is -2.12. The minimum atomic E-state index is -0.173. The van der Waals surface area contributed by atoms with Gasteiger partial charge in [0.15, 0.2) is 0 Å². The molecule has 4 nitrogen and oxygen atoms in total. The second-order valence-corrected chi connectivity index (χ2v) is 5.86. The number of hydrogen-bond acceptors (Lipinski definition) is 4. The van der Waals surface area contributed by atoms with Crippen LogP contribution in [0.3, 0.4) is 0 Å². The summed E-state index contributed by atoms with van der Waals surface area (Å²) in [5, 5.41) is 6.74. The number of hydrogen-bond donors (Lipinski definition) is 1. The lowest BCUT2D eigenvalue weighted by molar-refractivity contribution is 0.102. The summed E-state index contributed by atoms with van der Waals surface area (Å²) in [5.74, 6) is -0.173. The summed E-state index contributed by atoms with van der Waals surface area (Å²) in [6.45, 7) is 3.93. The molecule has 0 radical (unpaired) electrons. The number of rotatable bonds is 5. The Morgan fingerprint density at radius 2 is 2.20 bits per heavy atom. The molecule has 1 amide bonds. The lowest BCUT2D eigenvalue weighted by Crippen LogP contribution is -2.14. The fourth-order valence-corrected chi connectivity index (χ4v) is 2.71. The predicted octanol–water partition coefficient (Wildman–Crippen LogP) is 4.04. The number of para-hydroxylation sites is 1. The average Bonchev–Trinajstić information content (AvgIpc) is 2.88. The maximum atomic E-state index is 12.3. The summed E-state index contributed by atoms with van der Waals surface area (Å²) in [6, 6.07) is 7.53. The van der Waals surface area contributed by atoms with Crippen molar-refractivity contribution >= 4 is 34.7 Å². The second-order valence-electron chi connectivity index (χ2n) is 4.46. The molecular weight excluding hydrogens is 294 g/mol. The molecule has 0 saturated carbocycles. The van der Waals surface area contributed by atoms with Crippen LogP contribution in [-0.2, 0) is 6.42 Å². The summed E-state index contributed by atoms with van der Waals surface area (Å²) in [7, 11) is 0. The van der Waals surface area contributed by atoms with E-state index in [4.69, 9.17) is 11.6 Å². The van der Waals surface area contributed by atoms with E-state index in [2.05, 4.69) is 14.9 Å². The molecule has 0 spiro atoms. The largest absolute Gasteiger partial charge is 0.321 e. The van der Waals surface area contributed by atoms with E-state index in [9.17, 15) is 4.79 Å². The maximum Gasteiger partial charge on any atom is 0.269 e. The van der Waals surface area contributed by atoms with Crippen molar-refractivity contribution in [2.45, 2.75) is 32.1 Å². The molecule has 0 aliphatic carbocycles. The molecular formula is C14H16ClN3OS. The highest BCUT2D eigenvalue weighted by molar-refractivity contribution is 7.08. The number of nitrogens with zero attached hydrogens (tertiary/aromatic N) is 2. The molecule has 1 atom stereocenters. The van der Waals surface area contributed by atoms with Gasteiger partial charge in [0.1, 0.15) is 4.88 Å². The van der Waals surface area contributed by atoms with Crippen molar-refractivity contribution < 1.29 is 4.79 Å². The molecule has 0 bridgehead atoms. The molecule has 1 aromatic heterocycles. The SMILES string of the molecule is CCCc1nnsc1C(=O)Nc1ccccc1C(C)Cl. The number of amides is 1. The van der Waals surface area contributed by atoms with Crippen LogP contribution in [0.4, 0.5) is 5.69 Å². The normalized spacial score (nSPS) is 12.2. The molecule has 0 fully saturated rings. The van der Waals surface area contributed by atoms with Crippen LogP contribution in [0.15, 0.2) is 24.3 Å². The van der Waals surface area contributed by atoms with Crippen molar-refractivity contribution in [1.29, 1.82) is 0 Å². The van der Waals surface area contributed by atoms with Gasteiger partial charge in [-0.15, -0.1) is 16.7 Å². The highest BCUT2D eigenvalue weighted by Gasteiger charge is 2.17. The minimum absolute atomic E-state index is 0.166. The van der Waals surface area contributed by atoms with E-state index in [1.807, 2.05) is 38.1 Å². The van der Waals surface area contributed by atoms with E-state index in [-0.39, 0.29) is 11.3 Å². The number of anilines is 1. The molecule has 1 unspecified atom stereocenters. The van der Waals surface area contributed by atoms with Crippen LogP contribution in [0, 0.1) is 0 Å². The highest BCUT2D eigenvalue weighted by atomic mass is 35.5. The number of aromatic nitrogens is 2. The van der Waals surface area contributed by atoms with E-state index in [0.29, 0.717) is 4.88 Å². The Hall–Kier alpha value is -1.46. The summed E-state index contributed by atoms with van der Waals surface area (Å²) in [4.78, 5) is 12.9. The van der Waals surface area contributed by atoms with Gasteiger partial charge in [0.25, 0.3) is 5.91 Å². The van der Waals surface area contributed by atoms with Gasteiger partial charge in [0, 0.05) is 5.69 Å². The fourth-order valence-electron chi connectivity index (χ4n) is 1.92. The zero-order valence-corrected chi connectivity index (χ0v) is 13.0. The number of benzene rings is 1. The zero-order valence-electron chi connectivity index (χ0n) is 11.4. The third kappa shape index (κ3) is 3.35. The third-order valence-electron chi connectivity index (χ3n) is 2.89. The van der Waals surface area contributed by atoms with Crippen LogP contribution >= 0.6 is 23.1 Å². The molecule has 2 rings (SSSR count). The second kappa shape index (κ2) is 6.81. The quantitative estimate of drug-likeness (QED) is 0.848. The Kier molecular flexibility index (Phi) is 5.09. The zero-order chi connectivity index (χ0) is 14.5. The summed E-state index contributed by atoms with van der Waals surface area (Å²) in [5.41, 5.74) is 2.39. The molecule has 1 aromatic carbocycles. The summed E-state index contributed by atoms with van der Waals surface area (Å²) < 4.78 is 3.87. The van der Waals surface area contributed by atoms with Crippen LogP contribution in [0.5, 0.6) is 0 Å². The third-order valence-corrected chi connectivity index (χ3v) is 3.89. The molecule has 0 aliphatic rings. The Bertz CT molecular complexity index is 598. The summed E-state index contributed by atoms with van der Waals surface area (Å²) >= 11 is 7.25. The van der Waals surface area contributed by atoms with E-state index in [1.54, 1.807) is 0 Å². The molecule has 106 valence electrons. The van der Waals surface area contributed by atoms with E-state index in [0.717, 1.165) is 41.3 Å². The number of nitrogens with one attached hydrogen (secondary N) is 1. The van der Waals surface area contributed by atoms with Gasteiger partial charge in [-0.05, 0) is 36.5 Å². The summed E-state index contributed by atoms with van der Waals surface area (Å²) in [6.07, 6.45) is 1.69. The number of carbonyl (C=O) groups excluding carboxylic acids is 1. The first-order valence-corrected chi connectivity index (χ1v) is 7.70. The van der Waals surface area contributed by atoms with E-state index >= 15 is 0 Å². The van der Waals surface area contributed by atoms with Gasteiger partial charge >= 0.3 is 0 Å². The number of carbonyl (C=O) groups is 1. The van der Waals surface area contributed by atoms with Gasteiger partial charge in [-0.25, -0.2) is 0 Å². The van der Waals surface area contributed by atoms with Gasteiger partial charge < -0.3 is 5.32 Å². The Morgan fingerprint density at radius 3 is 2.90 bits per heavy atom. The van der Waals surface area contributed by atoms with Crippen molar-refractivity contribution in [3.05, 3.63) is 40.4 Å². The topological polar surface area (TPSA) is 54.9 Å². The van der Waals surface area contributed by atoms with Crippen molar-refractivity contribution in [1.82, 2.24) is 9.59 Å². The first-order chi connectivity index (χ1) is 9.63. The van der Waals surface area contributed by atoms with Crippen LogP contribution in [0.2, 0.25) is 0 Å². The molecule has 6 heteroatoms. The van der Waals surface area contributed by atoms with E-state index < -0.39 is 0 Å². The van der Waals surface area contributed by atoms with Gasteiger partial charge in [-0.3, -0.25) is 4.79 Å². The highest BCUT2D eigenvalue weighted by Crippen LogP contribution is 2.27. The van der Waals surface area contributed by atoms with Gasteiger partial charge in [-0.2, -0.15) is 0 Å². The number of aryl methyl sites for hydroxylation is 1. The standard InChI is InChI=1S/C14H16ClN3OS/c1-3-6-12-13(20-18-17-12)14(19)16-11-8-5-4-7-10(11)9(2)15/h4-5,7-9H,3,6H2,1-2H3,(H,16,19). The van der Waals surface area contributed by atoms with Crippen molar-refractivity contribution in [2.24, 2.45) is 0 Å². The predicted molar refractivity (Wildman–Crippen MR) is 82.6 cm³/mol. The Morgan fingerprint density at radius 1 is 1.45 bits per heavy atom. The molecule has 0 aliphatic heterocycles. The first-order valence-electron chi connectivity index (χ1n) is 6.49. The molecule has 1 heterocycles. The Balaban J connectivity index is 2.22. The van der Waals surface area contributed by atoms with Crippen molar-refractivity contribution in [2.75, 3.05) is 5.32 Å². The maximum absolute atomic E-state index is 12.3. The van der Waals surface area contributed by atoms with Gasteiger partial charge in [-0.1, -0.05) is 36.0 Å². The first kappa shape index (κ1) is 14.9. The van der Waals surface area contributed by atoms with Crippen molar-refractivity contribution in [3.63, 3.8) is 0 Å². The van der Waals surface area contributed by atoms with Crippen LogP contribution < -0.4 is 5.32 Å². The van der Waals surface area contributed by atoms with Crippen LogP contribution in [0.1, 0.15) is 46.6 Å². The van der Waals surface area contributed by atoms with Gasteiger partial charge in [0.2, 0.25) is 0 Å². The van der Waals surface area contributed by atoms with Crippen molar-refractivity contribution in [3.8, 4) is 0 Å². The lowest BCUT2D eigenvalue weighted by atomic mass is 10.1. The molecule has 2 aromatic rings.